The van der Waals surface area contributed by atoms with Gasteiger partial charge in [0.25, 0.3) is 0 Å². The summed E-state index contributed by atoms with van der Waals surface area (Å²) < 4.78 is 0. The van der Waals surface area contributed by atoms with E-state index in [1.165, 1.54) is 0 Å². The Labute approximate surface area is 63.6 Å². The van der Waals surface area contributed by atoms with Gasteiger partial charge in [0, 0.05) is 10.2 Å². The summed E-state index contributed by atoms with van der Waals surface area (Å²) in [5.41, 5.74) is -0.0475. The van der Waals surface area contributed by atoms with Crippen LogP contribution in [0.3, 0.4) is 0 Å². The van der Waals surface area contributed by atoms with E-state index in [1.54, 1.807) is 0 Å². The Morgan fingerprint density at radius 2 is 2.00 bits per heavy atom. The van der Waals surface area contributed by atoms with Crippen molar-refractivity contribution in [2.24, 2.45) is 5.41 Å². The van der Waals surface area contributed by atoms with Gasteiger partial charge in [-0.2, -0.15) is 0 Å². The number of hydrogen-bond donors (Lipinski definition) is 1. The summed E-state index contributed by atoms with van der Waals surface area (Å²) >= 11 is 3.52. The molecule has 0 aromatic heterocycles. The van der Waals surface area contributed by atoms with Crippen molar-refractivity contribution in [3.8, 4) is 0 Å². The van der Waals surface area contributed by atoms with Gasteiger partial charge in [0.15, 0.2) is 0 Å². The largest absolute Gasteiger partial charge is 0.389 e. The van der Waals surface area contributed by atoms with Gasteiger partial charge in [-0.15, -0.1) is 0 Å². The van der Waals surface area contributed by atoms with Crippen molar-refractivity contribution in [1.82, 2.24) is 0 Å². The van der Waals surface area contributed by atoms with Crippen molar-refractivity contribution >= 4 is 15.9 Å². The monoisotopic (exact) mass is 190 g/mol. The summed E-state index contributed by atoms with van der Waals surface area (Å²) in [4.78, 5) is 0.581. The molecule has 0 aromatic rings. The molecule has 0 amide bonds. The Morgan fingerprint density at radius 3 is 2.11 bits per heavy atom. The molecule has 9 heavy (non-hydrogen) atoms. The van der Waals surface area contributed by atoms with Crippen LogP contribution in [0.15, 0.2) is 0 Å². The van der Waals surface area contributed by atoms with Crippen LogP contribution >= 0.6 is 15.9 Å². The van der Waals surface area contributed by atoms with E-state index in [0.29, 0.717) is 4.83 Å². The second-order valence-electron chi connectivity index (χ2n) is 3.62. The van der Waals surface area contributed by atoms with Crippen LogP contribution in [0.1, 0.15) is 26.2 Å². The van der Waals surface area contributed by atoms with Gasteiger partial charge in [0.2, 0.25) is 0 Å². The molecule has 0 heterocycles. The van der Waals surface area contributed by atoms with Gasteiger partial charge in [-0.05, 0) is 19.3 Å². The maximum absolute atomic E-state index is 9.67. The molecule has 2 aliphatic rings. The summed E-state index contributed by atoms with van der Waals surface area (Å²) in [5, 5.41) is 9.67. The van der Waals surface area contributed by atoms with Crippen LogP contribution in [0.4, 0.5) is 0 Å². The predicted octanol–water partition coefficient (Wildman–Crippen LogP) is 1.68. The molecule has 0 saturated heterocycles. The summed E-state index contributed by atoms with van der Waals surface area (Å²) in [6.07, 6.45) is 3.20. The molecule has 2 rings (SSSR count). The first-order chi connectivity index (χ1) is 4.08. The molecule has 0 radical (unpaired) electrons. The number of rotatable bonds is 1. The van der Waals surface area contributed by atoms with Gasteiger partial charge in [-0.1, -0.05) is 22.9 Å². The Hall–Kier alpha value is 0.440. The number of aliphatic hydroxyl groups is 1. The topological polar surface area (TPSA) is 20.2 Å². The molecule has 1 N–H and O–H groups in total. The molecule has 2 saturated carbocycles. The normalized spacial score (nSPS) is 53.0. The second-order valence-corrected chi connectivity index (χ2v) is 4.73. The highest BCUT2D eigenvalue weighted by atomic mass is 79.9. The van der Waals surface area contributed by atoms with Gasteiger partial charge in [0.1, 0.15) is 0 Å². The fourth-order valence-corrected chi connectivity index (χ4v) is 2.58. The maximum Gasteiger partial charge on any atom is 0.0714 e. The molecule has 2 aliphatic carbocycles. The summed E-state index contributed by atoms with van der Waals surface area (Å²) in [5.74, 6) is 0. The van der Waals surface area contributed by atoms with Crippen LogP contribution in [-0.4, -0.2) is 15.5 Å². The van der Waals surface area contributed by atoms with E-state index in [-0.39, 0.29) is 11.0 Å². The van der Waals surface area contributed by atoms with Crippen molar-refractivity contribution < 1.29 is 5.11 Å². The molecule has 2 atom stereocenters. The van der Waals surface area contributed by atoms with Crippen molar-refractivity contribution in [2.45, 2.75) is 36.6 Å². The van der Waals surface area contributed by atoms with Crippen molar-refractivity contribution in [3.05, 3.63) is 0 Å². The molecule has 0 spiro atoms. The Kier molecular flexibility index (Phi) is 0.942. The molecule has 2 heteroatoms. The highest BCUT2D eigenvalue weighted by molar-refractivity contribution is 9.09. The highest BCUT2D eigenvalue weighted by Crippen LogP contribution is 2.66. The summed E-state index contributed by atoms with van der Waals surface area (Å²) in [7, 11) is 0. The van der Waals surface area contributed by atoms with Crippen LogP contribution in [0.25, 0.3) is 0 Å². The summed E-state index contributed by atoms with van der Waals surface area (Å²) in [6.45, 7) is 2.17. The lowest BCUT2D eigenvalue weighted by atomic mass is 10.0. The van der Waals surface area contributed by atoms with E-state index < -0.39 is 0 Å². The van der Waals surface area contributed by atoms with Crippen molar-refractivity contribution in [3.63, 3.8) is 0 Å². The third kappa shape index (κ3) is 0.637. The van der Waals surface area contributed by atoms with Crippen LogP contribution in [0.5, 0.6) is 0 Å². The first kappa shape index (κ1) is 6.17. The van der Waals surface area contributed by atoms with Gasteiger partial charge >= 0.3 is 0 Å². The SMILES string of the molecule is CC1(C2(O)CC2)CC1Br. The van der Waals surface area contributed by atoms with Crippen LogP contribution in [0, 0.1) is 5.41 Å². The van der Waals surface area contributed by atoms with E-state index >= 15 is 0 Å². The zero-order valence-electron chi connectivity index (χ0n) is 5.52. The quantitative estimate of drug-likeness (QED) is 0.625. The lowest BCUT2D eigenvalue weighted by Gasteiger charge is -2.15. The molecule has 2 unspecified atom stereocenters. The minimum Gasteiger partial charge on any atom is -0.389 e. The second kappa shape index (κ2) is 1.37. The lowest BCUT2D eigenvalue weighted by Crippen LogP contribution is -2.22. The minimum atomic E-state index is -0.277. The van der Waals surface area contributed by atoms with Gasteiger partial charge in [-0.25, -0.2) is 0 Å². The summed E-state index contributed by atoms with van der Waals surface area (Å²) in [6, 6.07) is 0. The average Bonchev–Trinajstić information content (AvgIpc) is 2.57. The van der Waals surface area contributed by atoms with Crippen LogP contribution in [0.2, 0.25) is 0 Å². The number of halogens is 1. The van der Waals surface area contributed by atoms with Gasteiger partial charge in [0.05, 0.1) is 5.60 Å². The Bertz CT molecular complexity index is 153. The molecule has 0 aliphatic heterocycles. The first-order valence-corrected chi connectivity index (χ1v) is 4.37. The van der Waals surface area contributed by atoms with Crippen LogP contribution in [-0.2, 0) is 0 Å². The van der Waals surface area contributed by atoms with Crippen molar-refractivity contribution in [1.29, 1.82) is 0 Å². The smallest absolute Gasteiger partial charge is 0.0714 e. The minimum absolute atomic E-state index is 0.229. The van der Waals surface area contributed by atoms with E-state index in [2.05, 4.69) is 22.9 Å². The fourth-order valence-electron chi connectivity index (χ4n) is 1.48. The Balaban J connectivity index is 2.14. The predicted molar refractivity (Wildman–Crippen MR) is 39.6 cm³/mol. The van der Waals surface area contributed by atoms with E-state index in [4.69, 9.17) is 0 Å². The van der Waals surface area contributed by atoms with Gasteiger partial charge < -0.3 is 5.11 Å². The third-order valence-corrected chi connectivity index (χ3v) is 4.26. The average molecular weight is 191 g/mol. The highest BCUT2D eigenvalue weighted by Gasteiger charge is 2.67. The molecule has 0 bridgehead atoms. The Morgan fingerprint density at radius 1 is 1.56 bits per heavy atom. The molecule has 1 nitrogen and oxygen atoms in total. The number of hydrogen-bond acceptors (Lipinski definition) is 1. The van der Waals surface area contributed by atoms with E-state index in [9.17, 15) is 5.11 Å². The van der Waals surface area contributed by atoms with E-state index in [0.717, 1.165) is 19.3 Å². The zero-order valence-corrected chi connectivity index (χ0v) is 7.11. The first-order valence-electron chi connectivity index (χ1n) is 3.45. The standard InChI is InChI=1S/C7H11BrO/c1-6(4-5(6)8)7(9)2-3-7/h5,9H,2-4H2,1H3. The zero-order chi connectivity index (χ0) is 6.70. The molecule has 0 aromatic carbocycles. The molecule has 2 fully saturated rings. The lowest BCUT2D eigenvalue weighted by molar-refractivity contribution is 0.0781. The molecule has 52 valence electrons. The number of alkyl halides is 1. The van der Waals surface area contributed by atoms with Gasteiger partial charge in [-0.3, -0.25) is 0 Å². The van der Waals surface area contributed by atoms with Crippen molar-refractivity contribution in [2.75, 3.05) is 0 Å². The molecular formula is C7H11BrO. The third-order valence-electron chi connectivity index (χ3n) is 2.92. The van der Waals surface area contributed by atoms with E-state index in [1.807, 2.05) is 0 Å². The molecular weight excluding hydrogens is 180 g/mol. The maximum atomic E-state index is 9.67. The fraction of sp³-hybridized carbons (Fsp3) is 1.00. The van der Waals surface area contributed by atoms with Crippen LogP contribution < -0.4 is 0 Å².